The third kappa shape index (κ3) is 4.91. The highest BCUT2D eigenvalue weighted by Crippen LogP contribution is 2.26. The molecule has 2 rings (SSSR count). The van der Waals surface area contributed by atoms with E-state index in [9.17, 15) is 14.4 Å². The molecule has 0 saturated heterocycles. The van der Waals surface area contributed by atoms with Crippen molar-refractivity contribution in [1.29, 1.82) is 0 Å². The summed E-state index contributed by atoms with van der Waals surface area (Å²) < 4.78 is 10.00. The molecule has 0 heterocycles. The minimum absolute atomic E-state index is 0.0453. The Morgan fingerprint density at radius 1 is 0.875 bits per heavy atom. The Morgan fingerprint density at radius 2 is 1.54 bits per heavy atom. The molecule has 24 heavy (non-hydrogen) atoms. The van der Waals surface area contributed by atoms with Crippen LogP contribution in [0.2, 0.25) is 0 Å². The molecule has 5 heteroatoms. The lowest BCUT2D eigenvalue weighted by Gasteiger charge is -2.09. The van der Waals surface area contributed by atoms with Gasteiger partial charge in [-0.3, -0.25) is 14.4 Å². The standard InChI is InChI=1S/C19H16O5/c1-13(20)23-16-9-10-17(19(12-16)24-14(2)21)18(22)11-8-15-6-4-3-5-7-15/h3-12H,1-2H3. The number of hydrogen-bond acceptors (Lipinski definition) is 5. The molecule has 0 unspecified atom stereocenters. The molecule has 122 valence electrons. The number of allylic oxidation sites excluding steroid dienone is 1. The number of carbonyl (C=O) groups excluding carboxylic acids is 3. The molecule has 2 aromatic rings. The molecule has 2 aromatic carbocycles. The molecule has 0 aliphatic heterocycles. The summed E-state index contributed by atoms with van der Waals surface area (Å²) in [6.07, 6.45) is 3.06. The van der Waals surface area contributed by atoms with Gasteiger partial charge in [-0.15, -0.1) is 0 Å². The molecule has 5 nitrogen and oxygen atoms in total. The number of ether oxygens (including phenoxy) is 2. The van der Waals surface area contributed by atoms with Crippen LogP contribution in [-0.4, -0.2) is 17.7 Å². The monoisotopic (exact) mass is 324 g/mol. The summed E-state index contributed by atoms with van der Waals surface area (Å²) in [5.41, 5.74) is 1.07. The van der Waals surface area contributed by atoms with Crippen molar-refractivity contribution in [3.63, 3.8) is 0 Å². The zero-order chi connectivity index (χ0) is 17.5. The van der Waals surface area contributed by atoms with Crippen molar-refractivity contribution in [2.75, 3.05) is 0 Å². The van der Waals surface area contributed by atoms with Gasteiger partial charge >= 0.3 is 11.9 Å². The Morgan fingerprint density at radius 3 is 2.17 bits per heavy atom. The van der Waals surface area contributed by atoms with Crippen molar-refractivity contribution in [1.82, 2.24) is 0 Å². The molecule has 0 atom stereocenters. The van der Waals surface area contributed by atoms with Gasteiger partial charge in [0.1, 0.15) is 11.5 Å². The lowest BCUT2D eigenvalue weighted by atomic mass is 10.1. The number of ketones is 1. The number of carbonyl (C=O) groups is 3. The maximum atomic E-state index is 12.4. The van der Waals surface area contributed by atoms with Gasteiger partial charge in [0.25, 0.3) is 0 Å². The molecule has 0 aromatic heterocycles. The van der Waals surface area contributed by atoms with Crippen LogP contribution >= 0.6 is 0 Å². The van der Waals surface area contributed by atoms with E-state index in [2.05, 4.69) is 0 Å². The molecule has 0 spiro atoms. The maximum Gasteiger partial charge on any atom is 0.308 e. The summed E-state index contributed by atoms with van der Waals surface area (Å²) in [4.78, 5) is 34.6. The fourth-order valence-corrected chi connectivity index (χ4v) is 2.00. The van der Waals surface area contributed by atoms with Crippen LogP contribution in [0.25, 0.3) is 6.08 Å². The summed E-state index contributed by atoms with van der Waals surface area (Å²) >= 11 is 0. The highest BCUT2D eigenvalue weighted by molar-refractivity contribution is 6.09. The molecule has 0 aliphatic carbocycles. The zero-order valence-corrected chi connectivity index (χ0v) is 13.3. The lowest BCUT2D eigenvalue weighted by Crippen LogP contribution is -2.08. The smallest absolute Gasteiger partial charge is 0.308 e. The van der Waals surface area contributed by atoms with E-state index in [0.717, 1.165) is 5.56 Å². The SMILES string of the molecule is CC(=O)Oc1ccc(C(=O)C=Cc2ccccc2)c(OC(C)=O)c1. The number of hydrogen-bond donors (Lipinski definition) is 0. The van der Waals surface area contributed by atoms with Crippen LogP contribution in [-0.2, 0) is 9.59 Å². The summed E-state index contributed by atoms with van der Waals surface area (Å²) in [6, 6.07) is 13.6. The Bertz CT molecular complexity index is 791. The van der Waals surface area contributed by atoms with E-state index in [1.54, 1.807) is 6.08 Å². The Hall–Kier alpha value is -3.21. The molecule has 0 aliphatic rings. The zero-order valence-electron chi connectivity index (χ0n) is 13.3. The first-order valence-corrected chi connectivity index (χ1v) is 7.24. The van der Waals surface area contributed by atoms with Crippen LogP contribution in [0, 0.1) is 0 Å². The Kier molecular flexibility index (Phi) is 5.63. The lowest BCUT2D eigenvalue weighted by molar-refractivity contribution is -0.132. The van der Waals surface area contributed by atoms with Gasteiger partial charge in [0.15, 0.2) is 5.78 Å². The van der Waals surface area contributed by atoms with Crippen molar-refractivity contribution >= 4 is 23.8 Å². The Balaban J connectivity index is 2.29. The predicted molar refractivity (Wildman–Crippen MR) is 88.9 cm³/mol. The molecular formula is C19H16O5. The fourth-order valence-electron chi connectivity index (χ4n) is 2.00. The van der Waals surface area contributed by atoms with Crippen molar-refractivity contribution in [2.45, 2.75) is 13.8 Å². The highest BCUT2D eigenvalue weighted by Gasteiger charge is 2.14. The topological polar surface area (TPSA) is 69.7 Å². The third-order valence-electron chi connectivity index (χ3n) is 2.96. The number of esters is 2. The molecule has 0 amide bonds. The summed E-state index contributed by atoms with van der Waals surface area (Å²) in [5.74, 6) is -1.17. The second-order valence-electron chi connectivity index (χ2n) is 4.95. The van der Waals surface area contributed by atoms with Crippen molar-refractivity contribution < 1.29 is 23.9 Å². The van der Waals surface area contributed by atoms with Crippen LogP contribution in [0.15, 0.2) is 54.6 Å². The molecule has 0 fully saturated rings. The first kappa shape index (κ1) is 17.1. The predicted octanol–water partition coefficient (Wildman–Crippen LogP) is 3.43. The molecular weight excluding hydrogens is 308 g/mol. The van der Waals surface area contributed by atoms with E-state index in [-0.39, 0.29) is 22.8 Å². The van der Waals surface area contributed by atoms with Crippen molar-refractivity contribution in [2.24, 2.45) is 0 Å². The van der Waals surface area contributed by atoms with Crippen LogP contribution in [0.3, 0.4) is 0 Å². The quantitative estimate of drug-likeness (QED) is 0.365. The van der Waals surface area contributed by atoms with E-state index in [0.29, 0.717) is 0 Å². The van der Waals surface area contributed by atoms with Crippen LogP contribution in [0.4, 0.5) is 0 Å². The summed E-state index contributed by atoms with van der Waals surface area (Å²) in [5, 5.41) is 0. The van der Waals surface area contributed by atoms with Gasteiger partial charge in [0.05, 0.1) is 5.56 Å². The van der Waals surface area contributed by atoms with Gasteiger partial charge in [-0.05, 0) is 23.8 Å². The first-order valence-electron chi connectivity index (χ1n) is 7.24. The summed E-state index contributed by atoms with van der Waals surface area (Å²) in [7, 11) is 0. The molecule has 0 saturated carbocycles. The van der Waals surface area contributed by atoms with Gasteiger partial charge in [0.2, 0.25) is 0 Å². The van der Waals surface area contributed by atoms with E-state index in [1.165, 1.54) is 38.1 Å². The van der Waals surface area contributed by atoms with Gasteiger partial charge in [-0.25, -0.2) is 0 Å². The van der Waals surface area contributed by atoms with Crippen LogP contribution in [0.1, 0.15) is 29.8 Å². The average molecular weight is 324 g/mol. The fraction of sp³-hybridized carbons (Fsp3) is 0.105. The second-order valence-corrected chi connectivity index (χ2v) is 4.95. The normalized spacial score (nSPS) is 10.4. The minimum Gasteiger partial charge on any atom is -0.427 e. The van der Waals surface area contributed by atoms with Gasteiger partial charge in [-0.1, -0.05) is 36.4 Å². The van der Waals surface area contributed by atoms with E-state index in [4.69, 9.17) is 9.47 Å². The van der Waals surface area contributed by atoms with Crippen LogP contribution < -0.4 is 9.47 Å². The second kappa shape index (κ2) is 7.87. The largest absolute Gasteiger partial charge is 0.427 e. The van der Waals surface area contributed by atoms with E-state index >= 15 is 0 Å². The van der Waals surface area contributed by atoms with Crippen LogP contribution in [0.5, 0.6) is 11.5 Å². The molecule has 0 radical (unpaired) electrons. The summed E-state index contributed by atoms with van der Waals surface area (Å²) in [6.45, 7) is 2.49. The number of rotatable bonds is 5. The molecule has 0 N–H and O–H groups in total. The highest BCUT2D eigenvalue weighted by atomic mass is 16.5. The van der Waals surface area contributed by atoms with Crippen molar-refractivity contribution in [3.8, 4) is 11.5 Å². The Labute approximate surface area is 139 Å². The average Bonchev–Trinajstić information content (AvgIpc) is 2.52. The van der Waals surface area contributed by atoms with E-state index in [1.807, 2.05) is 30.3 Å². The molecule has 0 bridgehead atoms. The van der Waals surface area contributed by atoms with Gasteiger partial charge in [0, 0.05) is 19.9 Å². The van der Waals surface area contributed by atoms with Gasteiger partial charge in [-0.2, -0.15) is 0 Å². The minimum atomic E-state index is -0.573. The third-order valence-corrected chi connectivity index (χ3v) is 2.96. The number of benzene rings is 2. The van der Waals surface area contributed by atoms with Gasteiger partial charge < -0.3 is 9.47 Å². The van der Waals surface area contributed by atoms with Crippen molar-refractivity contribution in [3.05, 3.63) is 65.7 Å². The maximum absolute atomic E-state index is 12.4. The first-order chi connectivity index (χ1) is 11.5. The van der Waals surface area contributed by atoms with E-state index < -0.39 is 11.9 Å².